The zero-order valence-electron chi connectivity index (χ0n) is 13.4. The van der Waals surface area contributed by atoms with E-state index in [1.165, 1.54) is 0 Å². The number of nitrogens with two attached hydrogens (primary N) is 1. The Labute approximate surface area is 143 Å². The highest BCUT2D eigenvalue weighted by atomic mass is 16.5. The maximum absolute atomic E-state index is 12.8. The number of amides is 4. The number of nitrogens with zero attached hydrogens (tertiary/aromatic N) is 1. The second-order valence-electron chi connectivity index (χ2n) is 5.68. The minimum absolute atomic E-state index is 0.0886. The Morgan fingerprint density at radius 2 is 2.04 bits per heavy atom. The van der Waals surface area contributed by atoms with Crippen molar-refractivity contribution >= 4 is 29.3 Å². The van der Waals surface area contributed by atoms with E-state index in [-0.39, 0.29) is 30.7 Å². The first-order valence-electron chi connectivity index (χ1n) is 7.91. The van der Waals surface area contributed by atoms with E-state index in [0.717, 1.165) is 4.90 Å². The number of anilines is 1. The quantitative estimate of drug-likeness (QED) is 0.357. The van der Waals surface area contributed by atoms with Crippen molar-refractivity contribution in [2.75, 3.05) is 25.2 Å². The number of carbonyl (C=O) groups excluding carboxylic acids is 4. The molecule has 0 radical (unpaired) electrons. The molecule has 1 saturated heterocycles. The molecule has 1 unspecified atom stereocenters. The number of hydrogen-bond donors (Lipinski definition) is 3. The largest absolute Gasteiger partial charge is 0.382 e. The second kappa shape index (κ2) is 6.99. The van der Waals surface area contributed by atoms with Gasteiger partial charge >= 0.3 is 0 Å². The van der Waals surface area contributed by atoms with Gasteiger partial charge in [-0.15, -0.1) is 0 Å². The van der Waals surface area contributed by atoms with Crippen molar-refractivity contribution in [1.29, 1.82) is 0 Å². The number of imide groups is 2. The number of hydrogen-bond acceptors (Lipinski definition) is 7. The van der Waals surface area contributed by atoms with Gasteiger partial charge in [0.2, 0.25) is 11.8 Å². The van der Waals surface area contributed by atoms with Crippen molar-refractivity contribution in [1.82, 2.24) is 10.2 Å². The molecule has 3 rings (SSSR count). The highest BCUT2D eigenvalue weighted by molar-refractivity contribution is 6.25. The topological polar surface area (TPSA) is 131 Å². The van der Waals surface area contributed by atoms with Crippen molar-refractivity contribution in [3.63, 3.8) is 0 Å². The molecule has 2 aliphatic heterocycles. The standard InChI is InChI=1S/C16H18N4O5/c17-8-25-7-6-18-10-3-1-2-9-13(10)16(24)20(15(9)23)11-4-5-12(21)19-14(11)22/h1-3,11,18H,4-8,17H2,(H,19,21,22). The van der Waals surface area contributed by atoms with Crippen molar-refractivity contribution in [2.24, 2.45) is 5.73 Å². The van der Waals surface area contributed by atoms with Gasteiger partial charge in [-0.25, -0.2) is 0 Å². The lowest BCUT2D eigenvalue weighted by Gasteiger charge is -2.27. The van der Waals surface area contributed by atoms with Crippen LogP contribution in [0.1, 0.15) is 33.6 Å². The Hall–Kier alpha value is -2.78. The maximum atomic E-state index is 12.8. The second-order valence-corrected chi connectivity index (χ2v) is 5.68. The van der Waals surface area contributed by atoms with Crippen molar-refractivity contribution in [3.8, 4) is 0 Å². The Morgan fingerprint density at radius 3 is 2.76 bits per heavy atom. The molecule has 1 atom stereocenters. The Morgan fingerprint density at radius 1 is 1.24 bits per heavy atom. The summed E-state index contributed by atoms with van der Waals surface area (Å²) in [6.07, 6.45) is 0.217. The van der Waals surface area contributed by atoms with Gasteiger partial charge in [-0.2, -0.15) is 0 Å². The van der Waals surface area contributed by atoms with E-state index in [9.17, 15) is 19.2 Å². The fraction of sp³-hybridized carbons (Fsp3) is 0.375. The molecule has 1 fully saturated rings. The summed E-state index contributed by atoms with van der Waals surface area (Å²) in [5, 5.41) is 5.21. The van der Waals surface area contributed by atoms with Gasteiger partial charge < -0.3 is 15.8 Å². The highest BCUT2D eigenvalue weighted by Crippen LogP contribution is 2.32. The summed E-state index contributed by atoms with van der Waals surface area (Å²) in [5.41, 5.74) is 6.20. The van der Waals surface area contributed by atoms with Gasteiger partial charge in [0.15, 0.2) is 0 Å². The van der Waals surface area contributed by atoms with Crippen LogP contribution in [0, 0.1) is 0 Å². The average Bonchev–Trinajstić information content (AvgIpc) is 2.84. The molecule has 2 aliphatic rings. The van der Waals surface area contributed by atoms with Gasteiger partial charge in [0.1, 0.15) is 6.04 Å². The third kappa shape index (κ3) is 3.11. The summed E-state index contributed by atoms with van der Waals surface area (Å²) in [6.45, 7) is 0.849. The summed E-state index contributed by atoms with van der Waals surface area (Å²) >= 11 is 0. The molecule has 2 heterocycles. The number of ether oxygens (including phenoxy) is 1. The molecule has 0 aliphatic carbocycles. The minimum Gasteiger partial charge on any atom is -0.382 e. The first kappa shape index (κ1) is 17.1. The van der Waals surface area contributed by atoms with E-state index in [2.05, 4.69) is 10.6 Å². The van der Waals surface area contributed by atoms with Crippen LogP contribution in [0.2, 0.25) is 0 Å². The first-order chi connectivity index (χ1) is 12.0. The van der Waals surface area contributed by atoms with Crippen LogP contribution in [-0.2, 0) is 14.3 Å². The zero-order valence-corrected chi connectivity index (χ0v) is 13.4. The van der Waals surface area contributed by atoms with Crippen molar-refractivity contribution < 1.29 is 23.9 Å². The summed E-state index contributed by atoms with van der Waals surface area (Å²) < 4.78 is 5.03. The number of piperidine rings is 1. The Balaban J connectivity index is 1.84. The van der Waals surface area contributed by atoms with E-state index in [4.69, 9.17) is 10.5 Å². The number of carbonyl (C=O) groups is 4. The molecule has 9 nitrogen and oxygen atoms in total. The van der Waals surface area contributed by atoms with Gasteiger partial charge in [0.05, 0.1) is 24.5 Å². The predicted octanol–water partition coefficient (Wildman–Crippen LogP) is -0.568. The van der Waals surface area contributed by atoms with E-state index in [0.29, 0.717) is 18.8 Å². The molecular formula is C16H18N4O5. The van der Waals surface area contributed by atoms with E-state index >= 15 is 0 Å². The third-order valence-corrected chi connectivity index (χ3v) is 4.15. The zero-order chi connectivity index (χ0) is 18.0. The Kier molecular flexibility index (Phi) is 4.77. The van der Waals surface area contributed by atoms with E-state index in [1.54, 1.807) is 18.2 Å². The van der Waals surface area contributed by atoms with Crippen LogP contribution in [0.3, 0.4) is 0 Å². The predicted molar refractivity (Wildman–Crippen MR) is 86.6 cm³/mol. The summed E-state index contributed by atoms with van der Waals surface area (Å²) in [4.78, 5) is 49.7. The van der Waals surface area contributed by atoms with Crippen LogP contribution in [0.15, 0.2) is 18.2 Å². The first-order valence-corrected chi connectivity index (χ1v) is 7.91. The summed E-state index contributed by atoms with van der Waals surface area (Å²) in [5.74, 6) is -2.11. The maximum Gasteiger partial charge on any atom is 0.264 e. The number of nitrogens with one attached hydrogen (secondary N) is 2. The van der Waals surface area contributed by atoms with Gasteiger partial charge in [-0.3, -0.25) is 29.4 Å². The lowest BCUT2D eigenvalue weighted by Crippen LogP contribution is -2.54. The molecule has 0 aromatic heterocycles. The number of fused-ring (bicyclic) bond motifs is 1. The van der Waals surface area contributed by atoms with Crippen LogP contribution in [0.25, 0.3) is 0 Å². The number of rotatable bonds is 6. The molecule has 25 heavy (non-hydrogen) atoms. The van der Waals surface area contributed by atoms with Crippen LogP contribution in [-0.4, -0.2) is 54.5 Å². The molecule has 4 amide bonds. The molecular weight excluding hydrogens is 328 g/mol. The van der Waals surface area contributed by atoms with Gasteiger partial charge in [0, 0.05) is 18.7 Å². The summed E-state index contributed by atoms with van der Waals surface area (Å²) in [7, 11) is 0. The molecule has 0 spiro atoms. The molecule has 1 aromatic rings. The van der Waals surface area contributed by atoms with Crippen LogP contribution < -0.4 is 16.4 Å². The molecule has 0 saturated carbocycles. The highest BCUT2D eigenvalue weighted by Gasteiger charge is 2.45. The van der Waals surface area contributed by atoms with Gasteiger partial charge in [-0.1, -0.05) is 6.07 Å². The van der Waals surface area contributed by atoms with Crippen LogP contribution in [0.4, 0.5) is 5.69 Å². The SMILES string of the molecule is NCOCCNc1cccc2c1C(=O)N(C1CCC(=O)NC1=O)C2=O. The molecule has 0 bridgehead atoms. The minimum atomic E-state index is -0.974. The monoisotopic (exact) mass is 346 g/mol. The molecule has 1 aromatic carbocycles. The lowest BCUT2D eigenvalue weighted by molar-refractivity contribution is -0.136. The van der Waals surface area contributed by atoms with Crippen LogP contribution in [0.5, 0.6) is 0 Å². The van der Waals surface area contributed by atoms with Crippen molar-refractivity contribution in [3.05, 3.63) is 29.3 Å². The van der Waals surface area contributed by atoms with E-state index in [1.807, 2.05) is 0 Å². The molecule has 132 valence electrons. The lowest BCUT2D eigenvalue weighted by atomic mass is 10.0. The van der Waals surface area contributed by atoms with Crippen LogP contribution >= 0.6 is 0 Å². The Bertz CT molecular complexity index is 748. The van der Waals surface area contributed by atoms with Gasteiger partial charge in [0.25, 0.3) is 11.8 Å². The van der Waals surface area contributed by atoms with E-state index < -0.39 is 29.7 Å². The molecule has 9 heteroatoms. The fourth-order valence-electron chi connectivity index (χ4n) is 3.00. The summed E-state index contributed by atoms with van der Waals surface area (Å²) in [6, 6.07) is 3.91. The fourth-order valence-corrected chi connectivity index (χ4v) is 3.00. The number of benzene rings is 1. The third-order valence-electron chi connectivity index (χ3n) is 4.15. The average molecular weight is 346 g/mol. The molecule has 4 N–H and O–H groups in total. The smallest absolute Gasteiger partial charge is 0.264 e. The van der Waals surface area contributed by atoms with Gasteiger partial charge in [-0.05, 0) is 18.6 Å². The normalized spacial score (nSPS) is 19.9. The van der Waals surface area contributed by atoms with Crippen molar-refractivity contribution in [2.45, 2.75) is 18.9 Å².